The molecule has 3 saturated heterocycles. The predicted molar refractivity (Wildman–Crippen MR) is 89.3 cm³/mol. The first kappa shape index (κ1) is 14.1. The minimum Gasteiger partial charge on any atom is -0.368 e. The van der Waals surface area contributed by atoms with Gasteiger partial charge in [-0.3, -0.25) is 0 Å². The summed E-state index contributed by atoms with van der Waals surface area (Å²) < 4.78 is 0. The molecule has 0 radical (unpaired) electrons. The van der Waals surface area contributed by atoms with Crippen molar-refractivity contribution in [1.82, 2.24) is 14.9 Å². The number of nitrogens with two attached hydrogens (primary N) is 1. The van der Waals surface area contributed by atoms with E-state index in [1.165, 1.54) is 32.1 Å². The Hall–Kier alpha value is -1.56. The van der Waals surface area contributed by atoms with Crippen molar-refractivity contribution in [2.45, 2.75) is 44.2 Å². The summed E-state index contributed by atoms with van der Waals surface area (Å²) in [5, 5.41) is 0. The average Bonchev–Trinajstić information content (AvgIpc) is 2.77. The zero-order valence-corrected chi connectivity index (χ0v) is 13.4. The van der Waals surface area contributed by atoms with Crippen molar-refractivity contribution in [2.24, 2.45) is 0 Å². The molecular formula is C16H26N6. The largest absolute Gasteiger partial charge is 0.368 e. The molecular weight excluding hydrogens is 276 g/mol. The van der Waals surface area contributed by atoms with E-state index >= 15 is 0 Å². The molecule has 1 aromatic heterocycles. The highest BCUT2D eigenvalue weighted by Crippen LogP contribution is 2.39. The van der Waals surface area contributed by atoms with Gasteiger partial charge in [-0.15, -0.1) is 0 Å². The minimum atomic E-state index is 0.413. The van der Waals surface area contributed by atoms with Gasteiger partial charge >= 0.3 is 0 Å². The molecule has 0 aromatic carbocycles. The van der Waals surface area contributed by atoms with Crippen molar-refractivity contribution in [3.63, 3.8) is 0 Å². The highest BCUT2D eigenvalue weighted by atomic mass is 15.3. The number of piperazine rings is 1. The van der Waals surface area contributed by atoms with Gasteiger partial charge in [-0.2, -0.15) is 9.97 Å². The molecule has 4 rings (SSSR count). The summed E-state index contributed by atoms with van der Waals surface area (Å²) in [7, 11) is 2.17. The summed E-state index contributed by atoms with van der Waals surface area (Å²) in [6, 6.07) is 3.49. The number of hydrogen-bond donors (Lipinski definition) is 1. The zero-order chi connectivity index (χ0) is 15.1. The molecule has 3 aliphatic rings. The van der Waals surface area contributed by atoms with Gasteiger partial charge in [-0.25, -0.2) is 0 Å². The Morgan fingerprint density at radius 1 is 0.955 bits per heavy atom. The van der Waals surface area contributed by atoms with E-state index in [0.717, 1.165) is 37.8 Å². The Morgan fingerprint density at radius 2 is 1.59 bits per heavy atom. The Bertz CT molecular complexity index is 523. The Kier molecular flexibility index (Phi) is 3.56. The van der Waals surface area contributed by atoms with Gasteiger partial charge in [0, 0.05) is 44.3 Å². The Labute approximate surface area is 132 Å². The van der Waals surface area contributed by atoms with Crippen molar-refractivity contribution in [3.05, 3.63) is 6.07 Å². The SMILES string of the molecule is CN1CCN(c2cc(N3C4CCCC3CC4)nc(N)n2)CC1. The van der Waals surface area contributed by atoms with Crippen LogP contribution in [0, 0.1) is 0 Å². The normalized spacial score (nSPS) is 29.1. The van der Waals surface area contributed by atoms with Crippen LogP contribution in [0.2, 0.25) is 0 Å². The van der Waals surface area contributed by atoms with E-state index < -0.39 is 0 Å². The predicted octanol–water partition coefficient (Wildman–Crippen LogP) is 1.33. The summed E-state index contributed by atoms with van der Waals surface area (Å²) in [4.78, 5) is 16.3. The lowest BCUT2D eigenvalue weighted by Gasteiger charge is -2.37. The zero-order valence-electron chi connectivity index (χ0n) is 13.4. The number of nitrogen functional groups attached to an aromatic ring is 1. The van der Waals surface area contributed by atoms with Crippen LogP contribution in [0.15, 0.2) is 6.07 Å². The van der Waals surface area contributed by atoms with Crippen LogP contribution in [0.4, 0.5) is 17.6 Å². The lowest BCUT2D eigenvalue weighted by molar-refractivity contribution is 0.312. The van der Waals surface area contributed by atoms with Crippen LogP contribution in [-0.4, -0.2) is 60.2 Å². The van der Waals surface area contributed by atoms with Gasteiger partial charge < -0.3 is 20.4 Å². The second kappa shape index (κ2) is 5.57. The summed E-state index contributed by atoms with van der Waals surface area (Å²) in [5.41, 5.74) is 6.03. The van der Waals surface area contributed by atoms with Crippen LogP contribution >= 0.6 is 0 Å². The maximum atomic E-state index is 6.03. The number of hydrogen-bond acceptors (Lipinski definition) is 6. The van der Waals surface area contributed by atoms with E-state index in [9.17, 15) is 0 Å². The number of anilines is 3. The maximum absolute atomic E-state index is 6.03. The Balaban J connectivity index is 1.61. The highest BCUT2D eigenvalue weighted by Gasteiger charge is 2.37. The van der Waals surface area contributed by atoms with Crippen LogP contribution in [0.3, 0.4) is 0 Å². The fourth-order valence-electron chi connectivity index (χ4n) is 4.26. The molecule has 2 atom stereocenters. The number of likely N-dealkylation sites (N-methyl/N-ethyl adjacent to an activating group) is 1. The molecule has 2 bridgehead atoms. The van der Waals surface area contributed by atoms with Gasteiger partial charge in [-0.1, -0.05) is 0 Å². The van der Waals surface area contributed by atoms with E-state index in [4.69, 9.17) is 5.73 Å². The Morgan fingerprint density at radius 3 is 2.27 bits per heavy atom. The number of nitrogens with zero attached hydrogens (tertiary/aromatic N) is 5. The smallest absolute Gasteiger partial charge is 0.223 e. The van der Waals surface area contributed by atoms with Gasteiger partial charge in [-0.05, 0) is 39.2 Å². The third kappa shape index (κ3) is 2.49. The van der Waals surface area contributed by atoms with Crippen molar-refractivity contribution in [2.75, 3.05) is 48.8 Å². The van der Waals surface area contributed by atoms with Crippen LogP contribution in [0.25, 0.3) is 0 Å². The van der Waals surface area contributed by atoms with E-state index in [1.54, 1.807) is 0 Å². The molecule has 120 valence electrons. The van der Waals surface area contributed by atoms with E-state index in [1.807, 2.05) is 0 Å². The van der Waals surface area contributed by atoms with Gasteiger partial charge in [0.1, 0.15) is 11.6 Å². The molecule has 0 aliphatic carbocycles. The number of piperidine rings is 1. The van der Waals surface area contributed by atoms with E-state index in [-0.39, 0.29) is 0 Å². The molecule has 3 fully saturated rings. The minimum absolute atomic E-state index is 0.413. The summed E-state index contributed by atoms with van der Waals surface area (Å²) >= 11 is 0. The lowest BCUT2D eigenvalue weighted by Crippen LogP contribution is -2.45. The van der Waals surface area contributed by atoms with Crippen molar-refractivity contribution < 1.29 is 0 Å². The van der Waals surface area contributed by atoms with Crippen molar-refractivity contribution in [1.29, 1.82) is 0 Å². The summed E-state index contributed by atoms with van der Waals surface area (Å²) in [6.45, 7) is 4.18. The molecule has 22 heavy (non-hydrogen) atoms. The molecule has 3 aliphatic heterocycles. The lowest BCUT2D eigenvalue weighted by atomic mass is 10.0. The van der Waals surface area contributed by atoms with Crippen LogP contribution < -0.4 is 15.5 Å². The number of fused-ring (bicyclic) bond motifs is 2. The molecule has 0 spiro atoms. The highest BCUT2D eigenvalue weighted by molar-refractivity contribution is 5.56. The first-order valence-electron chi connectivity index (χ1n) is 8.57. The second-order valence-electron chi connectivity index (χ2n) is 6.96. The summed E-state index contributed by atoms with van der Waals surface area (Å²) in [6.07, 6.45) is 6.56. The molecule has 6 heteroatoms. The van der Waals surface area contributed by atoms with E-state index in [2.05, 4.69) is 37.8 Å². The number of aromatic nitrogens is 2. The van der Waals surface area contributed by atoms with Crippen LogP contribution in [0.1, 0.15) is 32.1 Å². The number of rotatable bonds is 2. The molecule has 0 amide bonds. The van der Waals surface area contributed by atoms with Gasteiger partial charge in [0.25, 0.3) is 0 Å². The van der Waals surface area contributed by atoms with E-state index in [0.29, 0.717) is 18.0 Å². The first-order chi connectivity index (χ1) is 10.7. The fraction of sp³-hybridized carbons (Fsp3) is 0.750. The van der Waals surface area contributed by atoms with Gasteiger partial charge in [0.2, 0.25) is 5.95 Å². The maximum Gasteiger partial charge on any atom is 0.223 e. The molecule has 2 N–H and O–H groups in total. The summed E-state index contributed by atoms with van der Waals surface area (Å²) in [5.74, 6) is 2.46. The topological polar surface area (TPSA) is 61.5 Å². The molecule has 2 unspecified atom stereocenters. The van der Waals surface area contributed by atoms with Gasteiger partial charge in [0.05, 0.1) is 0 Å². The standard InChI is InChI=1S/C16H26N6/c1-20-7-9-21(10-8-20)14-11-15(19-16(17)18-14)22-12-3-2-4-13(22)6-5-12/h11-13H,2-10H2,1H3,(H2,17,18,19). The first-order valence-corrected chi connectivity index (χ1v) is 8.57. The quantitative estimate of drug-likeness (QED) is 0.889. The second-order valence-corrected chi connectivity index (χ2v) is 6.96. The van der Waals surface area contributed by atoms with Crippen molar-refractivity contribution in [3.8, 4) is 0 Å². The monoisotopic (exact) mass is 302 g/mol. The molecule has 6 nitrogen and oxygen atoms in total. The average molecular weight is 302 g/mol. The third-order valence-corrected chi connectivity index (χ3v) is 5.50. The van der Waals surface area contributed by atoms with Crippen molar-refractivity contribution >= 4 is 17.6 Å². The van der Waals surface area contributed by atoms with Crippen LogP contribution in [0.5, 0.6) is 0 Å². The molecule has 4 heterocycles. The van der Waals surface area contributed by atoms with Crippen LogP contribution in [-0.2, 0) is 0 Å². The third-order valence-electron chi connectivity index (χ3n) is 5.50. The molecule has 0 saturated carbocycles. The van der Waals surface area contributed by atoms with Gasteiger partial charge in [0.15, 0.2) is 0 Å². The fourth-order valence-corrected chi connectivity index (χ4v) is 4.26. The molecule has 1 aromatic rings.